The van der Waals surface area contributed by atoms with Gasteiger partial charge in [-0.2, -0.15) is 18.3 Å². The SMILES string of the molecule is COc1cc2c(cc1OC)CN(CCNC(=O)c1cnn(C(C)C)c1C(F)(F)F)CC2. The maximum absolute atomic E-state index is 13.5. The first-order chi connectivity index (χ1) is 14.7. The van der Waals surface area contributed by atoms with Gasteiger partial charge in [0.15, 0.2) is 17.2 Å². The summed E-state index contributed by atoms with van der Waals surface area (Å²) in [7, 11) is 3.17. The number of alkyl halides is 3. The van der Waals surface area contributed by atoms with Crippen LogP contribution in [0.5, 0.6) is 11.5 Å². The van der Waals surface area contributed by atoms with Crippen LogP contribution in [0.15, 0.2) is 18.3 Å². The van der Waals surface area contributed by atoms with E-state index in [1.54, 1.807) is 28.1 Å². The molecule has 1 amide bonds. The first-order valence-corrected chi connectivity index (χ1v) is 10.0. The fourth-order valence-corrected chi connectivity index (χ4v) is 3.76. The summed E-state index contributed by atoms with van der Waals surface area (Å²) in [5, 5.41) is 6.36. The van der Waals surface area contributed by atoms with Gasteiger partial charge in [0.1, 0.15) is 0 Å². The van der Waals surface area contributed by atoms with Gasteiger partial charge in [-0.25, -0.2) is 0 Å². The largest absolute Gasteiger partial charge is 0.493 e. The number of fused-ring (bicyclic) bond motifs is 1. The van der Waals surface area contributed by atoms with Crippen molar-refractivity contribution < 1.29 is 27.4 Å². The third kappa shape index (κ3) is 4.95. The van der Waals surface area contributed by atoms with E-state index in [0.717, 1.165) is 29.4 Å². The van der Waals surface area contributed by atoms with Crippen LogP contribution in [0.4, 0.5) is 13.2 Å². The molecule has 0 fully saturated rings. The van der Waals surface area contributed by atoms with Crippen molar-refractivity contribution in [2.75, 3.05) is 33.9 Å². The Morgan fingerprint density at radius 3 is 2.42 bits per heavy atom. The number of benzene rings is 1. The Hall–Kier alpha value is -2.75. The van der Waals surface area contributed by atoms with Crippen molar-refractivity contribution in [2.45, 2.75) is 39.0 Å². The summed E-state index contributed by atoms with van der Waals surface area (Å²) in [5.41, 5.74) is 0.802. The van der Waals surface area contributed by atoms with Crippen LogP contribution in [0, 0.1) is 0 Å². The Kier molecular flexibility index (Phi) is 6.78. The van der Waals surface area contributed by atoms with Crippen LogP contribution in [-0.4, -0.2) is 54.4 Å². The average molecular weight is 440 g/mol. The minimum Gasteiger partial charge on any atom is -0.493 e. The van der Waals surface area contributed by atoms with Crippen LogP contribution in [0.1, 0.15) is 47.1 Å². The summed E-state index contributed by atoms with van der Waals surface area (Å²) in [6, 6.07) is 3.40. The fourth-order valence-electron chi connectivity index (χ4n) is 3.76. The number of ether oxygens (including phenoxy) is 2. The highest BCUT2D eigenvalue weighted by molar-refractivity contribution is 5.95. The van der Waals surface area contributed by atoms with Crippen molar-refractivity contribution >= 4 is 5.91 Å². The molecule has 2 heterocycles. The number of carbonyl (C=O) groups excluding carboxylic acids is 1. The first-order valence-electron chi connectivity index (χ1n) is 10.0. The highest BCUT2D eigenvalue weighted by atomic mass is 19.4. The van der Waals surface area contributed by atoms with Gasteiger partial charge in [-0.15, -0.1) is 0 Å². The van der Waals surface area contributed by atoms with Crippen LogP contribution in [0.3, 0.4) is 0 Å². The number of hydrogen-bond acceptors (Lipinski definition) is 5. The smallest absolute Gasteiger partial charge is 0.433 e. The van der Waals surface area contributed by atoms with E-state index >= 15 is 0 Å². The van der Waals surface area contributed by atoms with E-state index in [2.05, 4.69) is 15.3 Å². The van der Waals surface area contributed by atoms with Crippen molar-refractivity contribution in [1.29, 1.82) is 0 Å². The zero-order valence-corrected chi connectivity index (χ0v) is 18.0. The van der Waals surface area contributed by atoms with Gasteiger partial charge in [0.25, 0.3) is 5.91 Å². The third-order valence-electron chi connectivity index (χ3n) is 5.31. The van der Waals surface area contributed by atoms with Crippen LogP contribution < -0.4 is 14.8 Å². The molecule has 2 aromatic rings. The topological polar surface area (TPSA) is 68.6 Å². The van der Waals surface area contributed by atoms with E-state index < -0.39 is 29.4 Å². The van der Waals surface area contributed by atoms with Crippen molar-refractivity contribution in [3.63, 3.8) is 0 Å². The lowest BCUT2D eigenvalue weighted by molar-refractivity contribution is -0.145. The molecular formula is C21H27F3N4O3. The Bertz CT molecular complexity index is 941. The summed E-state index contributed by atoms with van der Waals surface area (Å²) in [6.07, 6.45) is -2.87. The monoisotopic (exact) mass is 440 g/mol. The molecule has 1 aromatic carbocycles. The third-order valence-corrected chi connectivity index (χ3v) is 5.31. The van der Waals surface area contributed by atoms with Crippen molar-refractivity contribution in [3.05, 3.63) is 40.7 Å². The quantitative estimate of drug-likeness (QED) is 0.716. The molecular weight excluding hydrogens is 413 g/mol. The molecule has 0 spiro atoms. The molecule has 0 saturated carbocycles. The van der Waals surface area contributed by atoms with Gasteiger partial charge in [0.2, 0.25) is 0 Å². The molecule has 31 heavy (non-hydrogen) atoms. The summed E-state index contributed by atoms with van der Waals surface area (Å²) in [4.78, 5) is 14.6. The van der Waals surface area contributed by atoms with Gasteiger partial charge in [0.05, 0.1) is 26.0 Å². The van der Waals surface area contributed by atoms with E-state index in [0.29, 0.717) is 24.6 Å². The number of amides is 1. The lowest BCUT2D eigenvalue weighted by Gasteiger charge is -2.29. The van der Waals surface area contributed by atoms with Gasteiger partial charge in [0, 0.05) is 32.2 Å². The Balaban J connectivity index is 1.62. The Labute approximate surface area is 179 Å². The molecule has 3 rings (SSSR count). The average Bonchev–Trinajstić information content (AvgIpc) is 3.19. The molecule has 170 valence electrons. The molecule has 10 heteroatoms. The molecule has 1 aliphatic heterocycles. The normalized spacial score (nSPS) is 14.5. The minimum atomic E-state index is -4.66. The number of nitrogens with zero attached hydrogens (tertiary/aromatic N) is 3. The summed E-state index contributed by atoms with van der Waals surface area (Å²) < 4.78 is 51.9. The van der Waals surface area contributed by atoms with Gasteiger partial charge in [-0.05, 0) is 43.5 Å². The molecule has 0 atom stereocenters. The summed E-state index contributed by atoms with van der Waals surface area (Å²) >= 11 is 0. The van der Waals surface area contributed by atoms with E-state index in [-0.39, 0.29) is 6.54 Å². The van der Waals surface area contributed by atoms with E-state index in [1.807, 2.05) is 12.1 Å². The number of halogens is 3. The first kappa shape index (κ1) is 22.9. The molecule has 1 aromatic heterocycles. The van der Waals surface area contributed by atoms with Crippen LogP contribution >= 0.6 is 0 Å². The summed E-state index contributed by atoms with van der Waals surface area (Å²) in [5.74, 6) is 0.561. The molecule has 7 nitrogen and oxygen atoms in total. The van der Waals surface area contributed by atoms with Gasteiger partial charge in [-0.3, -0.25) is 14.4 Å². The highest BCUT2D eigenvalue weighted by Gasteiger charge is 2.40. The molecule has 0 aliphatic carbocycles. The number of carbonyl (C=O) groups is 1. The standard InChI is InChI=1S/C21H27F3N4O3/c1-13(2)28-19(21(22,23)24)16(11-26-28)20(29)25-6-8-27-7-5-14-9-17(30-3)18(31-4)10-15(14)12-27/h9-11,13H,5-8,12H2,1-4H3,(H,25,29). The second-order valence-corrected chi connectivity index (χ2v) is 7.70. The molecule has 0 saturated heterocycles. The number of aromatic nitrogens is 2. The van der Waals surface area contributed by atoms with Crippen molar-refractivity contribution in [2.24, 2.45) is 0 Å². The van der Waals surface area contributed by atoms with Crippen molar-refractivity contribution in [1.82, 2.24) is 20.0 Å². The zero-order chi connectivity index (χ0) is 22.8. The predicted molar refractivity (Wildman–Crippen MR) is 108 cm³/mol. The Morgan fingerprint density at radius 2 is 1.84 bits per heavy atom. The predicted octanol–water partition coefficient (Wildman–Crippen LogP) is 3.29. The van der Waals surface area contributed by atoms with Gasteiger partial charge >= 0.3 is 6.18 Å². The van der Waals surface area contributed by atoms with E-state index in [1.165, 1.54) is 5.56 Å². The second-order valence-electron chi connectivity index (χ2n) is 7.70. The maximum atomic E-state index is 13.5. The van der Waals surface area contributed by atoms with E-state index in [9.17, 15) is 18.0 Å². The van der Waals surface area contributed by atoms with Crippen LogP contribution in [-0.2, 0) is 19.1 Å². The molecule has 0 bridgehead atoms. The van der Waals surface area contributed by atoms with Crippen LogP contribution in [0.2, 0.25) is 0 Å². The zero-order valence-electron chi connectivity index (χ0n) is 18.0. The van der Waals surface area contributed by atoms with Crippen LogP contribution in [0.25, 0.3) is 0 Å². The fraction of sp³-hybridized carbons (Fsp3) is 0.524. The summed E-state index contributed by atoms with van der Waals surface area (Å²) in [6.45, 7) is 5.35. The lowest BCUT2D eigenvalue weighted by Crippen LogP contribution is -2.38. The maximum Gasteiger partial charge on any atom is 0.433 e. The van der Waals surface area contributed by atoms with E-state index in [4.69, 9.17) is 9.47 Å². The number of nitrogens with one attached hydrogen (secondary N) is 1. The number of rotatable bonds is 7. The molecule has 0 radical (unpaired) electrons. The molecule has 1 N–H and O–H groups in total. The van der Waals surface area contributed by atoms with Gasteiger partial charge in [-0.1, -0.05) is 0 Å². The van der Waals surface area contributed by atoms with Gasteiger partial charge < -0.3 is 14.8 Å². The molecule has 1 aliphatic rings. The molecule has 0 unspecified atom stereocenters. The number of methoxy groups -OCH3 is 2. The second kappa shape index (κ2) is 9.17. The van der Waals surface area contributed by atoms with Crippen molar-refractivity contribution in [3.8, 4) is 11.5 Å². The lowest BCUT2D eigenvalue weighted by atomic mass is 9.99. The number of hydrogen-bond donors (Lipinski definition) is 1. The Morgan fingerprint density at radius 1 is 1.19 bits per heavy atom. The highest BCUT2D eigenvalue weighted by Crippen LogP contribution is 2.34. The minimum absolute atomic E-state index is 0.228.